The smallest absolute Gasteiger partial charge is 0.216 e. The Bertz CT molecular complexity index is 286. The van der Waals surface area contributed by atoms with Gasteiger partial charge < -0.3 is 4.74 Å². The van der Waals surface area contributed by atoms with Gasteiger partial charge >= 0.3 is 0 Å². The lowest BCUT2D eigenvalue weighted by Crippen LogP contribution is -2.21. The Balaban J connectivity index is 2.26. The summed E-state index contributed by atoms with van der Waals surface area (Å²) in [4.78, 5) is 11.4. The normalized spacial score (nSPS) is 23.9. The second-order valence-electron chi connectivity index (χ2n) is 4.88. The number of ether oxygens (including phenoxy) is 1. The largest absolute Gasteiger partial charge is 0.499 e. The van der Waals surface area contributed by atoms with Gasteiger partial charge in [0.2, 0.25) is 5.12 Å². The number of hydrogen-bond donors (Lipinski definition) is 0. The van der Waals surface area contributed by atoms with E-state index >= 15 is 0 Å². The molecule has 0 spiro atoms. The molecule has 0 bridgehead atoms. The standard InChI is InChI=1S/C14H24O2S/c1-4-5-6-7-8-9-10-14(2)12(16-3)11-13(15)17-14/h11H,4-10H2,1-3H3/t14-/m1/s1. The fourth-order valence-electron chi connectivity index (χ4n) is 2.25. The molecule has 1 aliphatic heterocycles. The maximum atomic E-state index is 11.4. The van der Waals surface area contributed by atoms with Crippen molar-refractivity contribution in [3.8, 4) is 0 Å². The quantitative estimate of drug-likeness (QED) is 0.606. The third-order valence-electron chi connectivity index (χ3n) is 3.32. The molecule has 0 radical (unpaired) electrons. The zero-order valence-electron chi connectivity index (χ0n) is 11.3. The Labute approximate surface area is 109 Å². The average molecular weight is 256 g/mol. The molecule has 2 nitrogen and oxygen atoms in total. The lowest BCUT2D eigenvalue weighted by Gasteiger charge is -2.24. The first-order valence-electron chi connectivity index (χ1n) is 6.61. The number of carbonyl (C=O) groups excluding carboxylic acids is 1. The van der Waals surface area contributed by atoms with Crippen LogP contribution in [0, 0.1) is 0 Å². The van der Waals surface area contributed by atoms with Gasteiger partial charge in [0.1, 0.15) is 5.76 Å². The lowest BCUT2D eigenvalue weighted by molar-refractivity contribution is -0.107. The summed E-state index contributed by atoms with van der Waals surface area (Å²) < 4.78 is 5.20. The van der Waals surface area contributed by atoms with E-state index in [4.69, 9.17) is 4.74 Å². The van der Waals surface area contributed by atoms with Crippen molar-refractivity contribution in [1.29, 1.82) is 0 Å². The van der Waals surface area contributed by atoms with E-state index in [2.05, 4.69) is 13.8 Å². The fourth-order valence-corrected chi connectivity index (χ4v) is 3.35. The molecule has 0 N–H and O–H groups in total. The molecule has 0 saturated carbocycles. The van der Waals surface area contributed by atoms with Gasteiger partial charge in [0.05, 0.1) is 11.9 Å². The summed E-state index contributed by atoms with van der Waals surface area (Å²) in [6.07, 6.45) is 10.4. The molecule has 0 unspecified atom stereocenters. The summed E-state index contributed by atoms with van der Waals surface area (Å²) in [5.74, 6) is 0.848. The van der Waals surface area contributed by atoms with E-state index in [0.717, 1.165) is 12.2 Å². The number of rotatable bonds is 8. The fraction of sp³-hybridized carbons (Fsp3) is 0.786. The van der Waals surface area contributed by atoms with E-state index in [1.165, 1.54) is 50.3 Å². The van der Waals surface area contributed by atoms with E-state index in [-0.39, 0.29) is 9.86 Å². The molecule has 0 fully saturated rings. The highest BCUT2D eigenvalue weighted by Gasteiger charge is 2.38. The van der Waals surface area contributed by atoms with Crippen LogP contribution in [-0.4, -0.2) is 17.0 Å². The summed E-state index contributed by atoms with van der Waals surface area (Å²) in [6, 6.07) is 0. The molecule has 1 heterocycles. The van der Waals surface area contributed by atoms with Crippen LogP contribution in [0.3, 0.4) is 0 Å². The third kappa shape index (κ3) is 4.38. The molecule has 1 rings (SSSR count). The molecule has 3 heteroatoms. The highest BCUT2D eigenvalue weighted by Crippen LogP contribution is 2.43. The van der Waals surface area contributed by atoms with Crippen LogP contribution in [0.2, 0.25) is 0 Å². The van der Waals surface area contributed by atoms with Gasteiger partial charge in [0.25, 0.3) is 0 Å². The summed E-state index contributed by atoms with van der Waals surface area (Å²) in [5, 5.41) is 0.135. The van der Waals surface area contributed by atoms with Crippen molar-refractivity contribution in [2.24, 2.45) is 0 Å². The summed E-state index contributed by atoms with van der Waals surface area (Å²) in [6.45, 7) is 4.35. The Morgan fingerprint density at radius 1 is 1.24 bits per heavy atom. The second-order valence-corrected chi connectivity index (χ2v) is 6.39. The zero-order chi connectivity index (χ0) is 12.7. The van der Waals surface area contributed by atoms with Gasteiger partial charge in [-0.2, -0.15) is 0 Å². The molecule has 0 saturated heterocycles. The Morgan fingerprint density at radius 2 is 1.88 bits per heavy atom. The molecule has 1 aliphatic rings. The SMILES string of the molecule is CCCCCCCC[C@@]1(C)SC(=O)C=C1OC. The molecule has 0 amide bonds. The van der Waals surface area contributed by atoms with Crippen molar-refractivity contribution >= 4 is 16.9 Å². The van der Waals surface area contributed by atoms with E-state index in [0.29, 0.717) is 0 Å². The van der Waals surface area contributed by atoms with E-state index in [1.54, 1.807) is 13.2 Å². The van der Waals surface area contributed by atoms with Gasteiger partial charge in [-0.15, -0.1) is 0 Å². The maximum Gasteiger partial charge on any atom is 0.216 e. The van der Waals surface area contributed by atoms with Gasteiger partial charge in [-0.3, -0.25) is 4.79 Å². The molecule has 0 aromatic rings. The maximum absolute atomic E-state index is 11.4. The molecule has 1 atom stereocenters. The summed E-state index contributed by atoms with van der Waals surface area (Å²) >= 11 is 1.41. The minimum absolute atomic E-state index is 0.114. The summed E-state index contributed by atoms with van der Waals surface area (Å²) in [5.41, 5.74) is 0. The molecule has 0 aliphatic carbocycles. The van der Waals surface area contributed by atoms with Crippen LogP contribution in [0.1, 0.15) is 58.8 Å². The predicted octanol–water partition coefficient (Wildman–Crippen LogP) is 4.30. The van der Waals surface area contributed by atoms with Crippen LogP contribution >= 0.6 is 11.8 Å². The number of methoxy groups -OCH3 is 1. The monoisotopic (exact) mass is 256 g/mol. The minimum atomic E-state index is -0.114. The molecule has 0 aromatic heterocycles. The first kappa shape index (κ1) is 14.6. The Hall–Kier alpha value is -0.440. The minimum Gasteiger partial charge on any atom is -0.499 e. The van der Waals surface area contributed by atoms with Crippen LogP contribution in [0.15, 0.2) is 11.8 Å². The van der Waals surface area contributed by atoms with E-state index < -0.39 is 0 Å². The first-order valence-corrected chi connectivity index (χ1v) is 7.43. The molecule has 17 heavy (non-hydrogen) atoms. The van der Waals surface area contributed by atoms with Crippen LogP contribution in [-0.2, 0) is 9.53 Å². The average Bonchev–Trinajstić information content (AvgIpc) is 2.58. The Morgan fingerprint density at radius 3 is 2.53 bits per heavy atom. The van der Waals surface area contributed by atoms with Gasteiger partial charge in [-0.1, -0.05) is 57.2 Å². The van der Waals surface area contributed by atoms with E-state index in [9.17, 15) is 4.79 Å². The highest BCUT2D eigenvalue weighted by molar-refractivity contribution is 8.15. The van der Waals surface area contributed by atoms with Gasteiger partial charge in [0.15, 0.2) is 0 Å². The van der Waals surface area contributed by atoms with Crippen LogP contribution in [0.25, 0.3) is 0 Å². The van der Waals surface area contributed by atoms with Gasteiger partial charge in [-0.05, 0) is 13.3 Å². The number of unbranched alkanes of at least 4 members (excludes halogenated alkanes) is 5. The molecular weight excluding hydrogens is 232 g/mol. The third-order valence-corrected chi connectivity index (χ3v) is 4.50. The van der Waals surface area contributed by atoms with Crippen LogP contribution < -0.4 is 0 Å². The predicted molar refractivity (Wildman–Crippen MR) is 74.1 cm³/mol. The van der Waals surface area contributed by atoms with Gasteiger partial charge in [-0.25, -0.2) is 0 Å². The number of carbonyl (C=O) groups is 1. The van der Waals surface area contributed by atoms with Crippen molar-refractivity contribution in [1.82, 2.24) is 0 Å². The van der Waals surface area contributed by atoms with Crippen molar-refractivity contribution in [2.45, 2.75) is 63.5 Å². The molecular formula is C14H24O2S. The molecule has 98 valence electrons. The van der Waals surface area contributed by atoms with Crippen molar-refractivity contribution in [2.75, 3.05) is 7.11 Å². The van der Waals surface area contributed by atoms with Crippen molar-refractivity contribution < 1.29 is 9.53 Å². The Kier molecular flexibility index (Phi) is 6.10. The zero-order valence-corrected chi connectivity index (χ0v) is 12.1. The topological polar surface area (TPSA) is 26.3 Å². The van der Waals surface area contributed by atoms with Gasteiger partial charge in [0, 0.05) is 6.08 Å². The van der Waals surface area contributed by atoms with Crippen molar-refractivity contribution in [3.05, 3.63) is 11.8 Å². The summed E-state index contributed by atoms with van der Waals surface area (Å²) in [7, 11) is 1.66. The number of hydrogen-bond acceptors (Lipinski definition) is 3. The second kappa shape index (κ2) is 7.10. The lowest BCUT2D eigenvalue weighted by atomic mass is 9.99. The van der Waals surface area contributed by atoms with Crippen LogP contribution in [0.4, 0.5) is 0 Å². The highest BCUT2D eigenvalue weighted by atomic mass is 32.2. The van der Waals surface area contributed by atoms with Crippen LogP contribution in [0.5, 0.6) is 0 Å². The molecule has 0 aromatic carbocycles. The number of thioether (sulfide) groups is 1. The first-order chi connectivity index (χ1) is 8.12. The van der Waals surface area contributed by atoms with E-state index in [1.807, 2.05) is 0 Å². The van der Waals surface area contributed by atoms with Crippen molar-refractivity contribution in [3.63, 3.8) is 0 Å².